The van der Waals surface area contributed by atoms with Crippen molar-refractivity contribution in [3.8, 4) is 5.75 Å². The van der Waals surface area contributed by atoms with Crippen LogP contribution in [-0.4, -0.2) is 48.1 Å². The fourth-order valence-corrected chi connectivity index (χ4v) is 4.66. The summed E-state index contributed by atoms with van der Waals surface area (Å²) in [7, 11) is 1.32. The Morgan fingerprint density at radius 2 is 1.79 bits per heavy atom. The maximum Gasteiger partial charge on any atom is 0.337 e. The molecule has 4 rings (SSSR count). The van der Waals surface area contributed by atoms with Gasteiger partial charge in [-0.3, -0.25) is 14.5 Å². The van der Waals surface area contributed by atoms with Gasteiger partial charge in [0.2, 0.25) is 0 Å². The molecule has 1 heterocycles. The normalized spacial score (nSPS) is 15.1. The number of nitrogens with one attached hydrogen (secondary N) is 1. The van der Waals surface area contributed by atoms with Crippen molar-refractivity contribution < 1.29 is 23.9 Å². The minimum absolute atomic E-state index is 0.120. The molecule has 1 aliphatic heterocycles. The zero-order valence-corrected chi connectivity index (χ0v) is 22.1. The highest BCUT2D eigenvalue weighted by Gasteiger charge is 2.32. The van der Waals surface area contributed by atoms with Crippen LogP contribution < -0.4 is 10.1 Å². The van der Waals surface area contributed by atoms with Gasteiger partial charge in [-0.05, 0) is 79.7 Å². The highest BCUT2D eigenvalue weighted by Crippen LogP contribution is 2.34. The summed E-state index contributed by atoms with van der Waals surface area (Å²) in [5, 5.41) is 3.33. The molecule has 1 N–H and O–H groups in total. The molecule has 1 aliphatic rings. The van der Waals surface area contributed by atoms with Gasteiger partial charge >= 0.3 is 5.97 Å². The Balaban J connectivity index is 1.41. The third-order valence-electron chi connectivity index (χ3n) is 5.58. The first-order chi connectivity index (χ1) is 18.4. The molecule has 0 saturated carbocycles. The molecule has 1 saturated heterocycles. The first kappa shape index (κ1) is 26.7. The van der Waals surface area contributed by atoms with Crippen molar-refractivity contribution in [1.29, 1.82) is 0 Å². The number of amidine groups is 1. The molecule has 0 aromatic heterocycles. The lowest BCUT2D eigenvalue weighted by atomic mass is 10.2. The second kappa shape index (κ2) is 12.2. The van der Waals surface area contributed by atoms with E-state index < -0.39 is 5.97 Å². The molecule has 2 amide bonds. The SMILES string of the molecule is CCN1C(=O)C(=Cc2ccc(OCC(=O)Nc3ccc(C)cc3)cc2)SC1=Nc1cccc(C(=O)OC)c1. The number of aliphatic imine (C=N–C) groups is 1. The van der Waals surface area contributed by atoms with Crippen LogP contribution in [0.3, 0.4) is 0 Å². The number of esters is 1. The minimum Gasteiger partial charge on any atom is -0.484 e. The summed E-state index contributed by atoms with van der Waals surface area (Å²) in [6.07, 6.45) is 1.79. The number of anilines is 1. The predicted octanol–water partition coefficient (Wildman–Crippen LogP) is 5.42. The van der Waals surface area contributed by atoms with E-state index >= 15 is 0 Å². The summed E-state index contributed by atoms with van der Waals surface area (Å²) in [4.78, 5) is 43.7. The van der Waals surface area contributed by atoms with Crippen LogP contribution in [0.2, 0.25) is 0 Å². The van der Waals surface area contributed by atoms with Crippen LogP contribution >= 0.6 is 11.8 Å². The number of carbonyl (C=O) groups is 3. The first-order valence-electron chi connectivity index (χ1n) is 11.9. The van der Waals surface area contributed by atoms with Crippen molar-refractivity contribution >= 4 is 52.2 Å². The van der Waals surface area contributed by atoms with Crippen LogP contribution in [-0.2, 0) is 14.3 Å². The van der Waals surface area contributed by atoms with Crippen molar-refractivity contribution in [3.05, 3.63) is 94.4 Å². The fourth-order valence-electron chi connectivity index (χ4n) is 3.60. The van der Waals surface area contributed by atoms with Gasteiger partial charge in [0.1, 0.15) is 5.75 Å². The summed E-state index contributed by atoms with van der Waals surface area (Å²) in [5.41, 5.74) is 3.57. The lowest BCUT2D eigenvalue weighted by Gasteiger charge is -2.12. The van der Waals surface area contributed by atoms with Gasteiger partial charge in [-0.25, -0.2) is 9.79 Å². The largest absolute Gasteiger partial charge is 0.484 e. The van der Waals surface area contributed by atoms with E-state index in [0.29, 0.717) is 39.3 Å². The second-order valence-electron chi connectivity index (χ2n) is 8.37. The van der Waals surface area contributed by atoms with Crippen LogP contribution in [0, 0.1) is 6.92 Å². The molecule has 3 aromatic carbocycles. The lowest BCUT2D eigenvalue weighted by Crippen LogP contribution is -2.28. The number of methoxy groups -OCH3 is 1. The van der Waals surface area contributed by atoms with E-state index in [-0.39, 0.29) is 18.4 Å². The Kier molecular flexibility index (Phi) is 8.60. The number of nitrogens with zero attached hydrogens (tertiary/aromatic N) is 2. The molecule has 9 heteroatoms. The van der Waals surface area contributed by atoms with Crippen LogP contribution in [0.15, 0.2) is 82.7 Å². The van der Waals surface area contributed by atoms with E-state index in [1.54, 1.807) is 47.4 Å². The molecular formula is C29H27N3O5S. The highest BCUT2D eigenvalue weighted by atomic mass is 32.2. The minimum atomic E-state index is -0.450. The van der Waals surface area contributed by atoms with Gasteiger partial charge in [0.25, 0.3) is 11.8 Å². The number of rotatable bonds is 8. The maximum absolute atomic E-state index is 13.0. The first-order valence-corrected chi connectivity index (χ1v) is 12.8. The van der Waals surface area contributed by atoms with Crippen LogP contribution in [0.5, 0.6) is 5.75 Å². The number of aryl methyl sites for hydroxylation is 1. The highest BCUT2D eigenvalue weighted by molar-refractivity contribution is 8.18. The van der Waals surface area contributed by atoms with E-state index in [1.807, 2.05) is 50.2 Å². The average molecular weight is 530 g/mol. The fraction of sp³-hybridized carbons (Fsp3) is 0.172. The van der Waals surface area contributed by atoms with Gasteiger partial charge in [0, 0.05) is 12.2 Å². The van der Waals surface area contributed by atoms with Crippen LogP contribution in [0.4, 0.5) is 11.4 Å². The number of amides is 2. The number of hydrogen-bond acceptors (Lipinski definition) is 7. The molecule has 0 radical (unpaired) electrons. The molecule has 0 unspecified atom stereocenters. The Labute approximate surface area is 225 Å². The molecule has 1 fully saturated rings. The summed E-state index contributed by atoms with van der Waals surface area (Å²) in [6, 6.07) is 21.4. The summed E-state index contributed by atoms with van der Waals surface area (Å²) >= 11 is 1.27. The molecule has 8 nitrogen and oxygen atoms in total. The van der Waals surface area contributed by atoms with Crippen molar-refractivity contribution in [1.82, 2.24) is 4.90 Å². The smallest absolute Gasteiger partial charge is 0.337 e. The van der Waals surface area contributed by atoms with Crippen LogP contribution in [0.25, 0.3) is 6.08 Å². The van der Waals surface area contributed by atoms with Crippen molar-refractivity contribution in [2.75, 3.05) is 25.6 Å². The Bertz CT molecular complexity index is 1400. The van der Waals surface area contributed by atoms with E-state index in [4.69, 9.17) is 9.47 Å². The number of carbonyl (C=O) groups excluding carboxylic acids is 3. The number of likely N-dealkylation sites (N-methyl/N-ethyl adjacent to an activating group) is 1. The molecule has 0 aliphatic carbocycles. The molecule has 38 heavy (non-hydrogen) atoms. The van der Waals surface area contributed by atoms with Crippen LogP contribution in [0.1, 0.15) is 28.4 Å². The third-order valence-corrected chi connectivity index (χ3v) is 6.59. The summed E-state index contributed by atoms with van der Waals surface area (Å²) < 4.78 is 10.4. The standard InChI is InChI=1S/C29H27N3O5S/c1-4-32-27(34)25(38-29(32)31-23-7-5-6-21(17-23)28(35)36-3)16-20-10-14-24(15-11-20)37-18-26(33)30-22-12-8-19(2)9-13-22/h5-17H,4,18H2,1-3H3,(H,30,33). The third kappa shape index (κ3) is 6.68. The molecule has 0 bridgehead atoms. The van der Waals surface area contributed by atoms with E-state index in [2.05, 4.69) is 10.3 Å². The van der Waals surface area contributed by atoms with Crippen molar-refractivity contribution in [2.45, 2.75) is 13.8 Å². The van der Waals surface area contributed by atoms with E-state index in [1.165, 1.54) is 18.9 Å². The Hall–Kier alpha value is -4.37. The lowest BCUT2D eigenvalue weighted by molar-refractivity contribution is -0.122. The van der Waals surface area contributed by atoms with Gasteiger partial charge in [-0.15, -0.1) is 0 Å². The molecule has 3 aromatic rings. The number of ether oxygens (including phenoxy) is 2. The number of thioether (sulfide) groups is 1. The molecular weight excluding hydrogens is 502 g/mol. The zero-order valence-electron chi connectivity index (χ0n) is 21.3. The maximum atomic E-state index is 13.0. The topological polar surface area (TPSA) is 97.3 Å². The Morgan fingerprint density at radius 3 is 2.47 bits per heavy atom. The predicted molar refractivity (Wildman–Crippen MR) is 150 cm³/mol. The summed E-state index contributed by atoms with van der Waals surface area (Å²) in [6.45, 7) is 4.19. The Morgan fingerprint density at radius 1 is 1.05 bits per heavy atom. The monoisotopic (exact) mass is 529 g/mol. The molecule has 194 valence electrons. The van der Waals surface area contributed by atoms with Gasteiger partial charge in [0.15, 0.2) is 11.8 Å². The summed E-state index contributed by atoms with van der Waals surface area (Å²) in [5.74, 6) is -0.306. The van der Waals surface area contributed by atoms with Gasteiger partial charge in [-0.2, -0.15) is 0 Å². The number of hydrogen-bond donors (Lipinski definition) is 1. The molecule has 0 spiro atoms. The van der Waals surface area contributed by atoms with E-state index in [0.717, 1.165) is 11.1 Å². The van der Waals surface area contributed by atoms with Gasteiger partial charge < -0.3 is 14.8 Å². The van der Waals surface area contributed by atoms with E-state index in [9.17, 15) is 14.4 Å². The zero-order chi connectivity index (χ0) is 27.1. The average Bonchev–Trinajstić information content (AvgIpc) is 3.22. The van der Waals surface area contributed by atoms with Gasteiger partial charge in [-0.1, -0.05) is 35.9 Å². The van der Waals surface area contributed by atoms with Crippen molar-refractivity contribution in [2.24, 2.45) is 4.99 Å². The van der Waals surface area contributed by atoms with Gasteiger partial charge in [0.05, 0.1) is 23.3 Å². The molecule has 0 atom stereocenters. The number of benzene rings is 3. The second-order valence-corrected chi connectivity index (χ2v) is 9.38. The quantitative estimate of drug-likeness (QED) is 0.309. The van der Waals surface area contributed by atoms with Crippen molar-refractivity contribution in [3.63, 3.8) is 0 Å².